The third-order valence-corrected chi connectivity index (χ3v) is 2.46. The molecule has 0 bridgehead atoms. The van der Waals surface area contributed by atoms with Gasteiger partial charge in [-0.3, -0.25) is 4.79 Å². The molecule has 0 aliphatic heterocycles. The molecule has 0 radical (unpaired) electrons. The highest BCUT2D eigenvalue weighted by molar-refractivity contribution is 7.99. The Hall–Kier alpha value is -1.50. The van der Waals surface area contributed by atoms with Crippen molar-refractivity contribution in [3.05, 3.63) is 12.2 Å². The van der Waals surface area contributed by atoms with E-state index in [1.54, 1.807) is 0 Å². The molecule has 16 heavy (non-hydrogen) atoms. The highest BCUT2D eigenvalue weighted by Gasteiger charge is 2.18. The SMILES string of the molecule is CCSCC(NC(=O)/C=C/C(=O)O)C(=O)O. The van der Waals surface area contributed by atoms with Crippen molar-refractivity contribution in [2.45, 2.75) is 13.0 Å². The number of nitrogens with one attached hydrogen (secondary N) is 1. The summed E-state index contributed by atoms with van der Waals surface area (Å²) < 4.78 is 0. The van der Waals surface area contributed by atoms with Gasteiger partial charge in [-0.15, -0.1) is 0 Å². The highest BCUT2D eigenvalue weighted by Crippen LogP contribution is 2.02. The van der Waals surface area contributed by atoms with Crippen LogP contribution in [0.3, 0.4) is 0 Å². The minimum absolute atomic E-state index is 0.248. The molecule has 7 heteroatoms. The molecule has 0 saturated heterocycles. The van der Waals surface area contributed by atoms with Gasteiger partial charge in [0.2, 0.25) is 5.91 Å². The third-order valence-electron chi connectivity index (χ3n) is 1.48. The van der Waals surface area contributed by atoms with Gasteiger partial charge in [-0.25, -0.2) is 9.59 Å². The fourth-order valence-corrected chi connectivity index (χ4v) is 1.47. The first-order chi connectivity index (χ1) is 7.47. The van der Waals surface area contributed by atoms with Crippen LogP contribution in [0.5, 0.6) is 0 Å². The van der Waals surface area contributed by atoms with Crippen LogP contribution in [0, 0.1) is 0 Å². The van der Waals surface area contributed by atoms with E-state index in [9.17, 15) is 14.4 Å². The van der Waals surface area contributed by atoms with Gasteiger partial charge in [0.15, 0.2) is 0 Å². The molecule has 0 rings (SSSR count). The summed E-state index contributed by atoms with van der Waals surface area (Å²) in [5.41, 5.74) is 0. The van der Waals surface area contributed by atoms with E-state index in [4.69, 9.17) is 10.2 Å². The zero-order valence-corrected chi connectivity index (χ0v) is 9.49. The summed E-state index contributed by atoms with van der Waals surface area (Å²) in [5.74, 6) is -2.14. The van der Waals surface area contributed by atoms with Gasteiger partial charge >= 0.3 is 11.9 Å². The van der Waals surface area contributed by atoms with Crippen LogP contribution in [0.1, 0.15) is 6.92 Å². The molecule has 0 aliphatic rings. The van der Waals surface area contributed by atoms with Crippen molar-refractivity contribution < 1.29 is 24.6 Å². The van der Waals surface area contributed by atoms with Gasteiger partial charge in [0.1, 0.15) is 6.04 Å². The van der Waals surface area contributed by atoms with Gasteiger partial charge < -0.3 is 15.5 Å². The second-order valence-electron chi connectivity index (χ2n) is 2.73. The van der Waals surface area contributed by atoms with Gasteiger partial charge in [-0.1, -0.05) is 6.92 Å². The summed E-state index contributed by atoms with van der Waals surface area (Å²) in [4.78, 5) is 31.9. The van der Waals surface area contributed by atoms with Gasteiger partial charge in [0.25, 0.3) is 0 Å². The minimum atomic E-state index is -1.26. The third kappa shape index (κ3) is 6.88. The van der Waals surface area contributed by atoms with Crippen LogP contribution >= 0.6 is 11.8 Å². The number of thioether (sulfide) groups is 1. The number of carboxylic acid groups (broad SMARTS) is 2. The molecule has 0 fully saturated rings. The lowest BCUT2D eigenvalue weighted by molar-refractivity contribution is -0.140. The number of carbonyl (C=O) groups excluding carboxylic acids is 1. The lowest BCUT2D eigenvalue weighted by atomic mass is 10.3. The molecule has 0 aromatic heterocycles. The van der Waals surface area contributed by atoms with E-state index in [1.165, 1.54) is 11.8 Å². The lowest BCUT2D eigenvalue weighted by Crippen LogP contribution is -2.41. The largest absolute Gasteiger partial charge is 0.480 e. The fourth-order valence-electron chi connectivity index (χ4n) is 0.777. The summed E-state index contributed by atoms with van der Waals surface area (Å²) in [6.45, 7) is 1.87. The number of amides is 1. The zero-order chi connectivity index (χ0) is 12.6. The Balaban J connectivity index is 4.23. The predicted octanol–water partition coefficient (Wildman–Crippen LogP) is -0.0503. The molecule has 3 N–H and O–H groups in total. The van der Waals surface area contributed by atoms with Gasteiger partial charge in [-0.2, -0.15) is 11.8 Å². The lowest BCUT2D eigenvalue weighted by Gasteiger charge is -2.11. The average Bonchev–Trinajstić information content (AvgIpc) is 2.20. The maximum Gasteiger partial charge on any atom is 0.328 e. The van der Waals surface area contributed by atoms with Crippen molar-refractivity contribution in [1.82, 2.24) is 5.32 Å². The Morgan fingerprint density at radius 1 is 1.31 bits per heavy atom. The first-order valence-electron chi connectivity index (χ1n) is 4.49. The van der Waals surface area contributed by atoms with Gasteiger partial charge in [-0.05, 0) is 5.75 Å². The number of carbonyl (C=O) groups is 3. The Labute approximate surface area is 96.7 Å². The molecule has 0 spiro atoms. The van der Waals surface area contributed by atoms with Crippen molar-refractivity contribution >= 4 is 29.6 Å². The molecule has 0 heterocycles. The molecule has 1 amide bonds. The average molecular weight is 247 g/mol. The molecular formula is C9H13NO5S. The van der Waals surface area contributed by atoms with Crippen molar-refractivity contribution in [3.8, 4) is 0 Å². The molecule has 90 valence electrons. The standard InChI is InChI=1S/C9H13NO5S/c1-2-16-5-6(9(14)15)10-7(11)3-4-8(12)13/h3-4,6H,2,5H2,1H3,(H,10,11)(H,12,13)(H,14,15)/b4-3+. The second-order valence-corrected chi connectivity index (χ2v) is 4.05. The number of aliphatic carboxylic acids is 2. The topological polar surface area (TPSA) is 104 Å². The van der Waals surface area contributed by atoms with Crippen molar-refractivity contribution in [2.24, 2.45) is 0 Å². The van der Waals surface area contributed by atoms with Crippen LogP contribution in [-0.2, 0) is 14.4 Å². The summed E-state index contributed by atoms with van der Waals surface area (Å²) >= 11 is 1.37. The quantitative estimate of drug-likeness (QED) is 0.545. The molecule has 0 saturated carbocycles. The van der Waals surface area contributed by atoms with Crippen molar-refractivity contribution in [1.29, 1.82) is 0 Å². The van der Waals surface area contributed by atoms with Crippen LogP contribution in [0.2, 0.25) is 0 Å². The van der Waals surface area contributed by atoms with Gasteiger partial charge in [0, 0.05) is 17.9 Å². The van der Waals surface area contributed by atoms with E-state index in [-0.39, 0.29) is 5.75 Å². The monoisotopic (exact) mass is 247 g/mol. The van der Waals surface area contributed by atoms with E-state index in [2.05, 4.69) is 5.32 Å². The van der Waals surface area contributed by atoms with Crippen LogP contribution < -0.4 is 5.32 Å². The molecule has 1 atom stereocenters. The summed E-state index contributed by atoms with van der Waals surface area (Å²) in [6, 6.07) is -1.00. The number of hydrogen-bond donors (Lipinski definition) is 3. The van der Waals surface area contributed by atoms with E-state index >= 15 is 0 Å². The Kier molecular flexibility index (Phi) is 7.02. The van der Waals surface area contributed by atoms with E-state index in [1.807, 2.05) is 6.92 Å². The first kappa shape index (κ1) is 14.5. The maximum absolute atomic E-state index is 11.1. The summed E-state index contributed by atoms with van der Waals surface area (Å²) in [6.07, 6.45) is 1.44. The maximum atomic E-state index is 11.1. The van der Waals surface area contributed by atoms with Gasteiger partial charge in [0.05, 0.1) is 0 Å². The summed E-state index contributed by atoms with van der Waals surface area (Å²) in [5, 5.41) is 19.2. The minimum Gasteiger partial charge on any atom is -0.480 e. The molecule has 0 aromatic carbocycles. The zero-order valence-electron chi connectivity index (χ0n) is 8.67. The van der Waals surface area contributed by atoms with Crippen molar-refractivity contribution in [2.75, 3.05) is 11.5 Å². The normalized spacial score (nSPS) is 12.3. The van der Waals surface area contributed by atoms with E-state index in [0.717, 1.165) is 11.8 Å². The van der Waals surface area contributed by atoms with Crippen LogP contribution in [0.15, 0.2) is 12.2 Å². The number of hydrogen-bond acceptors (Lipinski definition) is 4. The van der Waals surface area contributed by atoms with E-state index in [0.29, 0.717) is 6.08 Å². The van der Waals surface area contributed by atoms with Crippen LogP contribution in [-0.4, -0.2) is 45.6 Å². The summed E-state index contributed by atoms with van der Waals surface area (Å²) in [7, 11) is 0. The van der Waals surface area contributed by atoms with Crippen molar-refractivity contribution in [3.63, 3.8) is 0 Å². The fraction of sp³-hybridized carbons (Fsp3) is 0.444. The predicted molar refractivity (Wildman–Crippen MR) is 59.3 cm³/mol. The molecule has 0 aromatic rings. The molecule has 1 unspecified atom stereocenters. The molecule has 6 nitrogen and oxygen atoms in total. The number of rotatable bonds is 7. The van der Waals surface area contributed by atoms with Crippen LogP contribution in [0.25, 0.3) is 0 Å². The van der Waals surface area contributed by atoms with Crippen LogP contribution in [0.4, 0.5) is 0 Å². The Bertz CT molecular complexity index is 302. The number of carboxylic acids is 2. The Morgan fingerprint density at radius 3 is 2.38 bits per heavy atom. The second kappa shape index (κ2) is 7.75. The first-order valence-corrected chi connectivity index (χ1v) is 5.65. The highest BCUT2D eigenvalue weighted by atomic mass is 32.2. The smallest absolute Gasteiger partial charge is 0.328 e. The molecule has 0 aliphatic carbocycles. The Morgan fingerprint density at radius 2 is 1.94 bits per heavy atom. The van der Waals surface area contributed by atoms with E-state index < -0.39 is 23.9 Å². The molecular weight excluding hydrogens is 234 g/mol.